The SMILES string of the molecule is Cc1ccc(C(=O)NCC(=O)N(C)C)cc1/C=C/C(=O)O. The molecule has 6 heteroatoms. The van der Waals surface area contributed by atoms with Crippen molar-refractivity contribution in [1.82, 2.24) is 10.2 Å². The van der Waals surface area contributed by atoms with Gasteiger partial charge in [0, 0.05) is 25.7 Å². The lowest BCUT2D eigenvalue weighted by molar-refractivity contribution is -0.131. The molecule has 0 aliphatic rings. The summed E-state index contributed by atoms with van der Waals surface area (Å²) in [6, 6.07) is 4.94. The van der Waals surface area contributed by atoms with Crippen LogP contribution in [0.4, 0.5) is 0 Å². The van der Waals surface area contributed by atoms with Crippen LogP contribution in [-0.2, 0) is 9.59 Å². The van der Waals surface area contributed by atoms with Gasteiger partial charge in [-0.25, -0.2) is 4.79 Å². The largest absolute Gasteiger partial charge is 0.478 e. The van der Waals surface area contributed by atoms with Crippen LogP contribution < -0.4 is 5.32 Å². The molecule has 2 N–H and O–H groups in total. The second-order valence-electron chi connectivity index (χ2n) is 4.71. The van der Waals surface area contributed by atoms with Gasteiger partial charge in [-0.2, -0.15) is 0 Å². The Kier molecular flexibility index (Phi) is 5.66. The fourth-order valence-corrected chi connectivity index (χ4v) is 1.54. The first-order valence-corrected chi connectivity index (χ1v) is 6.31. The zero-order valence-electron chi connectivity index (χ0n) is 12.2. The Morgan fingerprint density at radius 1 is 1.29 bits per heavy atom. The summed E-state index contributed by atoms with van der Waals surface area (Å²) >= 11 is 0. The summed E-state index contributed by atoms with van der Waals surface area (Å²) in [5.74, 6) is -1.64. The molecular formula is C15H18N2O4. The summed E-state index contributed by atoms with van der Waals surface area (Å²) in [6.45, 7) is 1.73. The average Bonchev–Trinajstić information content (AvgIpc) is 2.43. The minimum absolute atomic E-state index is 0.0833. The molecule has 0 bridgehead atoms. The van der Waals surface area contributed by atoms with E-state index in [0.29, 0.717) is 11.1 Å². The van der Waals surface area contributed by atoms with Gasteiger partial charge in [-0.1, -0.05) is 6.07 Å². The maximum absolute atomic E-state index is 12.0. The van der Waals surface area contributed by atoms with E-state index in [1.54, 1.807) is 32.3 Å². The van der Waals surface area contributed by atoms with Crippen LogP contribution in [0.25, 0.3) is 6.08 Å². The third-order valence-electron chi connectivity index (χ3n) is 2.85. The lowest BCUT2D eigenvalue weighted by atomic mass is 10.0. The van der Waals surface area contributed by atoms with Gasteiger partial charge >= 0.3 is 5.97 Å². The second-order valence-corrected chi connectivity index (χ2v) is 4.71. The van der Waals surface area contributed by atoms with Crippen LogP contribution >= 0.6 is 0 Å². The number of nitrogens with zero attached hydrogens (tertiary/aromatic N) is 1. The predicted octanol–water partition coefficient (Wildman–Crippen LogP) is 0.911. The number of rotatable bonds is 5. The molecule has 0 saturated heterocycles. The van der Waals surface area contributed by atoms with Crippen molar-refractivity contribution in [2.75, 3.05) is 20.6 Å². The van der Waals surface area contributed by atoms with Crippen LogP contribution in [0.3, 0.4) is 0 Å². The van der Waals surface area contributed by atoms with Crippen LogP contribution in [0.1, 0.15) is 21.5 Å². The van der Waals surface area contributed by atoms with Gasteiger partial charge in [0.1, 0.15) is 0 Å². The van der Waals surface area contributed by atoms with E-state index in [2.05, 4.69) is 5.32 Å². The molecule has 1 aromatic carbocycles. The Labute approximate surface area is 123 Å². The number of likely N-dealkylation sites (N-methyl/N-ethyl adjacent to an activating group) is 1. The molecule has 0 spiro atoms. The fraction of sp³-hybridized carbons (Fsp3) is 0.267. The van der Waals surface area contributed by atoms with Crippen LogP contribution in [0.15, 0.2) is 24.3 Å². The lowest BCUT2D eigenvalue weighted by Gasteiger charge is -2.11. The van der Waals surface area contributed by atoms with E-state index >= 15 is 0 Å². The topological polar surface area (TPSA) is 86.7 Å². The molecule has 0 atom stereocenters. The molecule has 0 unspecified atom stereocenters. The highest BCUT2D eigenvalue weighted by Crippen LogP contribution is 2.13. The highest BCUT2D eigenvalue weighted by molar-refractivity contribution is 5.97. The standard InChI is InChI=1S/C15H18N2O4/c1-10-4-5-12(8-11(10)6-7-14(19)20)15(21)16-9-13(18)17(2)3/h4-8H,9H2,1-3H3,(H,16,21)(H,19,20)/b7-6+. The molecule has 2 amide bonds. The molecule has 0 aliphatic carbocycles. The number of amides is 2. The van der Waals surface area contributed by atoms with E-state index in [9.17, 15) is 14.4 Å². The average molecular weight is 290 g/mol. The van der Waals surface area contributed by atoms with Crippen molar-refractivity contribution >= 4 is 23.9 Å². The van der Waals surface area contributed by atoms with Crippen LogP contribution in [0.5, 0.6) is 0 Å². The summed E-state index contributed by atoms with van der Waals surface area (Å²) in [7, 11) is 3.21. The first kappa shape index (κ1) is 16.4. The van der Waals surface area contributed by atoms with Crippen molar-refractivity contribution in [2.24, 2.45) is 0 Å². The number of carbonyl (C=O) groups excluding carboxylic acids is 2. The maximum atomic E-state index is 12.0. The van der Waals surface area contributed by atoms with E-state index in [0.717, 1.165) is 11.6 Å². The number of carboxylic acids is 1. The van der Waals surface area contributed by atoms with Gasteiger partial charge < -0.3 is 15.3 Å². The lowest BCUT2D eigenvalue weighted by Crippen LogP contribution is -2.36. The third-order valence-corrected chi connectivity index (χ3v) is 2.85. The molecule has 0 fully saturated rings. The zero-order valence-corrected chi connectivity index (χ0v) is 12.2. The molecule has 0 heterocycles. The molecule has 112 valence electrons. The van der Waals surface area contributed by atoms with E-state index in [1.807, 2.05) is 6.92 Å². The quantitative estimate of drug-likeness (QED) is 0.789. The highest BCUT2D eigenvalue weighted by atomic mass is 16.4. The molecule has 0 aliphatic heterocycles. The Hall–Kier alpha value is -2.63. The molecule has 0 saturated carbocycles. The van der Waals surface area contributed by atoms with Gasteiger partial charge in [-0.05, 0) is 36.3 Å². The Morgan fingerprint density at radius 3 is 2.52 bits per heavy atom. The summed E-state index contributed by atoms with van der Waals surface area (Å²) in [5.41, 5.74) is 1.87. The van der Waals surface area contributed by atoms with Crippen molar-refractivity contribution in [2.45, 2.75) is 6.92 Å². The number of aliphatic carboxylic acids is 1. The van der Waals surface area contributed by atoms with E-state index in [-0.39, 0.29) is 18.4 Å². The van der Waals surface area contributed by atoms with Crippen LogP contribution in [0, 0.1) is 6.92 Å². The van der Waals surface area contributed by atoms with Crippen molar-refractivity contribution in [3.8, 4) is 0 Å². The molecule has 0 radical (unpaired) electrons. The minimum Gasteiger partial charge on any atom is -0.478 e. The van der Waals surface area contributed by atoms with E-state index < -0.39 is 5.97 Å². The van der Waals surface area contributed by atoms with Crippen molar-refractivity contribution in [3.05, 3.63) is 41.0 Å². The summed E-state index contributed by atoms with van der Waals surface area (Å²) < 4.78 is 0. The van der Waals surface area contributed by atoms with Gasteiger partial charge in [0.05, 0.1) is 6.54 Å². The molecule has 1 rings (SSSR count). The number of hydrogen-bond acceptors (Lipinski definition) is 3. The second kappa shape index (κ2) is 7.23. The maximum Gasteiger partial charge on any atom is 0.328 e. The number of nitrogens with one attached hydrogen (secondary N) is 1. The minimum atomic E-state index is -1.05. The smallest absolute Gasteiger partial charge is 0.328 e. The Bertz CT molecular complexity index is 591. The summed E-state index contributed by atoms with van der Waals surface area (Å²) in [5, 5.41) is 11.2. The van der Waals surface area contributed by atoms with Gasteiger partial charge in [0.2, 0.25) is 5.91 Å². The van der Waals surface area contributed by atoms with Crippen LogP contribution in [0.2, 0.25) is 0 Å². The van der Waals surface area contributed by atoms with Gasteiger partial charge in [-0.3, -0.25) is 9.59 Å². The van der Waals surface area contributed by atoms with Crippen molar-refractivity contribution in [3.63, 3.8) is 0 Å². The third kappa shape index (κ3) is 5.10. The number of hydrogen-bond donors (Lipinski definition) is 2. The van der Waals surface area contributed by atoms with Crippen molar-refractivity contribution < 1.29 is 19.5 Å². The molecule has 0 aromatic heterocycles. The van der Waals surface area contributed by atoms with Gasteiger partial charge in [0.25, 0.3) is 5.91 Å². The fourth-order valence-electron chi connectivity index (χ4n) is 1.54. The van der Waals surface area contributed by atoms with Gasteiger partial charge in [0.15, 0.2) is 0 Å². The number of benzene rings is 1. The first-order chi connectivity index (χ1) is 9.81. The molecular weight excluding hydrogens is 272 g/mol. The summed E-state index contributed by atoms with van der Waals surface area (Å²) in [4.78, 5) is 35.3. The van der Waals surface area contributed by atoms with Crippen molar-refractivity contribution in [1.29, 1.82) is 0 Å². The number of carboxylic acid groups (broad SMARTS) is 1. The molecule has 21 heavy (non-hydrogen) atoms. The molecule has 1 aromatic rings. The Morgan fingerprint density at radius 2 is 1.95 bits per heavy atom. The highest BCUT2D eigenvalue weighted by Gasteiger charge is 2.10. The number of carbonyl (C=O) groups is 3. The first-order valence-electron chi connectivity index (χ1n) is 6.31. The van der Waals surface area contributed by atoms with Crippen LogP contribution in [-0.4, -0.2) is 48.4 Å². The monoisotopic (exact) mass is 290 g/mol. The zero-order chi connectivity index (χ0) is 16.0. The predicted molar refractivity (Wildman–Crippen MR) is 78.9 cm³/mol. The number of aryl methyl sites for hydroxylation is 1. The van der Waals surface area contributed by atoms with E-state index in [1.165, 1.54) is 11.0 Å². The van der Waals surface area contributed by atoms with Gasteiger partial charge in [-0.15, -0.1) is 0 Å². The normalized spacial score (nSPS) is 10.4. The summed E-state index contributed by atoms with van der Waals surface area (Å²) in [6.07, 6.45) is 2.44. The van der Waals surface area contributed by atoms with E-state index in [4.69, 9.17) is 5.11 Å². The Balaban J connectivity index is 2.84. The molecule has 6 nitrogen and oxygen atoms in total.